The van der Waals surface area contributed by atoms with E-state index in [-0.39, 0.29) is 11.8 Å². The van der Waals surface area contributed by atoms with Gasteiger partial charge in [0, 0.05) is 57.3 Å². The van der Waals surface area contributed by atoms with Gasteiger partial charge >= 0.3 is 0 Å². The molecule has 2 aliphatic heterocycles. The van der Waals surface area contributed by atoms with Crippen LogP contribution in [0.1, 0.15) is 38.7 Å². The lowest BCUT2D eigenvalue weighted by Crippen LogP contribution is -2.47. The molecule has 0 bridgehead atoms. The minimum atomic E-state index is -0.0965. The molecule has 3 rings (SSSR count). The first-order valence-electron chi connectivity index (χ1n) is 11.5. The molecule has 0 spiro atoms. The summed E-state index contributed by atoms with van der Waals surface area (Å²) in [6.07, 6.45) is 5.92. The van der Waals surface area contributed by atoms with Gasteiger partial charge in [0.15, 0.2) is 0 Å². The van der Waals surface area contributed by atoms with Crippen molar-refractivity contribution in [3.05, 3.63) is 39.9 Å². The maximum atomic E-state index is 12.6. The van der Waals surface area contributed by atoms with Crippen LogP contribution in [0, 0.1) is 0 Å². The average molecular weight is 481 g/mol. The molecule has 0 unspecified atom stereocenters. The van der Waals surface area contributed by atoms with Crippen LogP contribution in [-0.2, 0) is 9.59 Å². The molecule has 0 aliphatic carbocycles. The average Bonchev–Trinajstić information content (AvgIpc) is 2.96. The van der Waals surface area contributed by atoms with Crippen molar-refractivity contribution < 1.29 is 9.59 Å². The van der Waals surface area contributed by atoms with E-state index < -0.39 is 0 Å². The number of benzene rings is 1. The van der Waals surface area contributed by atoms with Gasteiger partial charge in [0.25, 0.3) is 0 Å². The standard InChI is InChI=1S/C24H34Cl2N4O2/c1-18(2)28-11-7-20(8-12-28)27-10-14-30-16-15-29(13-9-24(30)32)23(31)6-4-19-3-5-21(25)22(26)17-19/h3-6,17-18,20,27H,7-16H2,1-2H3. The van der Waals surface area contributed by atoms with Gasteiger partial charge in [-0.3, -0.25) is 9.59 Å². The SMILES string of the molecule is CC(C)N1CCC(NCCN2CCN(C(=O)C=Cc3ccc(Cl)c(Cl)c3)CCC2=O)CC1. The van der Waals surface area contributed by atoms with E-state index in [9.17, 15) is 9.59 Å². The molecule has 1 N–H and O–H groups in total. The number of hydrogen-bond acceptors (Lipinski definition) is 4. The fourth-order valence-corrected chi connectivity index (χ4v) is 4.54. The quantitative estimate of drug-likeness (QED) is 0.606. The van der Waals surface area contributed by atoms with Crippen LogP contribution in [0.25, 0.3) is 6.08 Å². The van der Waals surface area contributed by atoms with E-state index in [1.807, 2.05) is 11.0 Å². The second-order valence-electron chi connectivity index (χ2n) is 8.82. The highest BCUT2D eigenvalue weighted by Gasteiger charge is 2.24. The number of piperidine rings is 1. The molecule has 176 valence electrons. The van der Waals surface area contributed by atoms with Gasteiger partial charge in [-0.05, 0) is 63.6 Å². The minimum Gasteiger partial charge on any atom is -0.340 e. The largest absolute Gasteiger partial charge is 0.340 e. The van der Waals surface area contributed by atoms with E-state index in [0.29, 0.717) is 54.7 Å². The minimum absolute atomic E-state index is 0.0965. The molecular formula is C24H34Cl2N4O2. The van der Waals surface area contributed by atoms with Gasteiger partial charge in [0.2, 0.25) is 11.8 Å². The van der Waals surface area contributed by atoms with Gasteiger partial charge in [-0.15, -0.1) is 0 Å². The number of carbonyl (C=O) groups is 2. The van der Waals surface area contributed by atoms with E-state index in [0.717, 1.165) is 38.0 Å². The van der Waals surface area contributed by atoms with Crippen molar-refractivity contribution in [1.29, 1.82) is 0 Å². The molecule has 2 saturated heterocycles. The van der Waals surface area contributed by atoms with Gasteiger partial charge in [0.1, 0.15) is 0 Å². The fraction of sp³-hybridized carbons (Fsp3) is 0.583. The summed E-state index contributed by atoms with van der Waals surface area (Å²) >= 11 is 12.0. The Bertz CT molecular complexity index is 822. The Morgan fingerprint density at radius 2 is 1.88 bits per heavy atom. The van der Waals surface area contributed by atoms with Crippen LogP contribution in [0.2, 0.25) is 10.0 Å². The molecule has 1 aromatic rings. The first-order valence-corrected chi connectivity index (χ1v) is 12.3. The van der Waals surface area contributed by atoms with Crippen molar-refractivity contribution in [2.45, 2.75) is 45.2 Å². The number of carbonyl (C=O) groups excluding carboxylic acids is 2. The Morgan fingerprint density at radius 1 is 1.12 bits per heavy atom. The van der Waals surface area contributed by atoms with Crippen molar-refractivity contribution >= 4 is 41.1 Å². The van der Waals surface area contributed by atoms with Gasteiger partial charge in [-0.1, -0.05) is 29.3 Å². The van der Waals surface area contributed by atoms with Crippen molar-refractivity contribution in [3.8, 4) is 0 Å². The highest BCUT2D eigenvalue weighted by Crippen LogP contribution is 2.23. The lowest BCUT2D eigenvalue weighted by Gasteiger charge is -2.35. The lowest BCUT2D eigenvalue weighted by atomic mass is 10.0. The number of rotatable bonds is 7. The van der Waals surface area contributed by atoms with Crippen LogP contribution in [0.4, 0.5) is 0 Å². The highest BCUT2D eigenvalue weighted by atomic mass is 35.5. The summed E-state index contributed by atoms with van der Waals surface area (Å²) < 4.78 is 0. The van der Waals surface area contributed by atoms with Crippen LogP contribution in [0.15, 0.2) is 24.3 Å². The molecule has 32 heavy (non-hydrogen) atoms. The van der Waals surface area contributed by atoms with Gasteiger partial charge in [0.05, 0.1) is 10.0 Å². The Morgan fingerprint density at radius 3 is 2.56 bits per heavy atom. The smallest absolute Gasteiger partial charge is 0.246 e. The Labute approximate surface area is 201 Å². The van der Waals surface area contributed by atoms with Crippen molar-refractivity contribution in [1.82, 2.24) is 20.0 Å². The Hall–Kier alpha value is -1.60. The lowest BCUT2D eigenvalue weighted by molar-refractivity contribution is -0.130. The van der Waals surface area contributed by atoms with Crippen molar-refractivity contribution in [2.24, 2.45) is 0 Å². The number of nitrogens with zero attached hydrogens (tertiary/aromatic N) is 3. The molecule has 2 fully saturated rings. The third-order valence-corrected chi connectivity index (χ3v) is 7.08. The molecule has 2 aliphatic rings. The highest BCUT2D eigenvalue weighted by molar-refractivity contribution is 6.42. The summed E-state index contributed by atoms with van der Waals surface area (Å²) in [5.74, 6) is 0.0194. The van der Waals surface area contributed by atoms with Crippen LogP contribution >= 0.6 is 23.2 Å². The molecule has 0 saturated carbocycles. The number of nitrogens with one attached hydrogen (secondary N) is 1. The summed E-state index contributed by atoms with van der Waals surface area (Å²) in [5.41, 5.74) is 0.811. The Balaban J connectivity index is 1.42. The number of halogens is 2. The first kappa shape index (κ1) is 25.0. The molecule has 2 amide bonds. The van der Waals surface area contributed by atoms with Crippen LogP contribution in [-0.4, -0.2) is 84.4 Å². The Kier molecular flexibility index (Phi) is 9.41. The topological polar surface area (TPSA) is 55.9 Å². The maximum Gasteiger partial charge on any atom is 0.246 e. The van der Waals surface area contributed by atoms with Crippen molar-refractivity contribution in [2.75, 3.05) is 45.8 Å². The molecule has 1 aromatic carbocycles. The van der Waals surface area contributed by atoms with E-state index in [1.54, 1.807) is 23.1 Å². The van der Waals surface area contributed by atoms with E-state index in [1.165, 1.54) is 6.08 Å². The van der Waals surface area contributed by atoms with Crippen LogP contribution < -0.4 is 5.32 Å². The summed E-state index contributed by atoms with van der Waals surface area (Å²) in [5, 5.41) is 4.56. The summed E-state index contributed by atoms with van der Waals surface area (Å²) in [7, 11) is 0. The zero-order chi connectivity index (χ0) is 23.1. The zero-order valence-corrected chi connectivity index (χ0v) is 20.5. The van der Waals surface area contributed by atoms with Gasteiger partial charge in [-0.25, -0.2) is 0 Å². The van der Waals surface area contributed by atoms with Crippen molar-refractivity contribution in [3.63, 3.8) is 0 Å². The van der Waals surface area contributed by atoms with Crippen LogP contribution in [0.3, 0.4) is 0 Å². The van der Waals surface area contributed by atoms with Gasteiger partial charge < -0.3 is 20.0 Å². The third-order valence-electron chi connectivity index (χ3n) is 6.34. The second-order valence-corrected chi connectivity index (χ2v) is 9.64. The molecule has 0 aromatic heterocycles. The normalized spacial score (nSPS) is 19.2. The molecule has 0 atom stereocenters. The van der Waals surface area contributed by atoms with E-state index in [2.05, 4.69) is 24.1 Å². The molecule has 0 radical (unpaired) electrons. The van der Waals surface area contributed by atoms with Crippen LogP contribution in [0.5, 0.6) is 0 Å². The predicted octanol–water partition coefficient (Wildman–Crippen LogP) is 3.53. The molecule has 2 heterocycles. The molecule has 8 heteroatoms. The fourth-order valence-electron chi connectivity index (χ4n) is 4.24. The second kappa shape index (κ2) is 12.0. The monoisotopic (exact) mass is 480 g/mol. The number of hydrogen-bond donors (Lipinski definition) is 1. The number of likely N-dealkylation sites (tertiary alicyclic amines) is 1. The first-order chi connectivity index (χ1) is 15.3. The molecule has 6 nitrogen and oxygen atoms in total. The third kappa shape index (κ3) is 7.20. The van der Waals surface area contributed by atoms with E-state index in [4.69, 9.17) is 23.2 Å². The summed E-state index contributed by atoms with van der Waals surface area (Å²) in [4.78, 5) is 31.3. The summed E-state index contributed by atoms with van der Waals surface area (Å²) in [6.45, 7) is 9.79. The number of amides is 2. The predicted molar refractivity (Wildman–Crippen MR) is 131 cm³/mol. The van der Waals surface area contributed by atoms with E-state index >= 15 is 0 Å². The summed E-state index contributed by atoms with van der Waals surface area (Å²) in [6, 6.07) is 6.37. The maximum absolute atomic E-state index is 12.6. The zero-order valence-electron chi connectivity index (χ0n) is 19.0. The van der Waals surface area contributed by atoms with Gasteiger partial charge in [-0.2, -0.15) is 0 Å². The molecular weight excluding hydrogens is 447 g/mol.